The average molecular weight is 367 g/mol. The Kier molecular flexibility index (Phi) is 6.09. The third-order valence-electron chi connectivity index (χ3n) is 4.38. The molecule has 0 bridgehead atoms. The van der Waals surface area contributed by atoms with Crippen molar-refractivity contribution in [2.45, 2.75) is 18.9 Å². The number of carbonyl (C=O) groups excluding carboxylic acids is 3. The van der Waals surface area contributed by atoms with E-state index in [0.717, 1.165) is 0 Å². The summed E-state index contributed by atoms with van der Waals surface area (Å²) in [5.41, 5.74) is 0.838. The van der Waals surface area contributed by atoms with Crippen LogP contribution < -0.4 is 10.6 Å². The van der Waals surface area contributed by atoms with Gasteiger partial charge >= 0.3 is 0 Å². The molecule has 2 heterocycles. The summed E-state index contributed by atoms with van der Waals surface area (Å²) in [6.45, 7) is 1.000. The number of nitrogens with zero attached hydrogens (tertiary/aromatic N) is 3. The monoisotopic (exact) mass is 367 g/mol. The average Bonchev–Trinajstić information content (AvgIpc) is 2.73. The molecular formula is C19H21N5O3. The molecule has 0 atom stereocenters. The summed E-state index contributed by atoms with van der Waals surface area (Å²) in [7, 11) is 0. The Balaban J connectivity index is 1.40. The van der Waals surface area contributed by atoms with Crippen molar-refractivity contribution in [3.05, 3.63) is 60.2 Å². The number of amides is 3. The molecule has 1 aliphatic heterocycles. The van der Waals surface area contributed by atoms with Gasteiger partial charge in [-0.1, -0.05) is 18.2 Å². The second-order valence-electron chi connectivity index (χ2n) is 6.27. The number of benzene rings is 1. The molecule has 1 fully saturated rings. The lowest BCUT2D eigenvalue weighted by Gasteiger charge is -2.32. The number of rotatable bonds is 5. The normalized spacial score (nSPS) is 14.4. The molecule has 8 heteroatoms. The van der Waals surface area contributed by atoms with Crippen LogP contribution in [0.3, 0.4) is 0 Å². The predicted molar refractivity (Wildman–Crippen MR) is 97.9 cm³/mol. The smallest absolute Gasteiger partial charge is 0.274 e. The van der Waals surface area contributed by atoms with E-state index in [1.54, 1.807) is 29.2 Å². The van der Waals surface area contributed by atoms with Crippen LogP contribution in [0.5, 0.6) is 0 Å². The molecular weight excluding hydrogens is 346 g/mol. The highest BCUT2D eigenvalue weighted by atomic mass is 16.2. The number of nitrogens with one attached hydrogen (secondary N) is 2. The fraction of sp³-hybridized carbons (Fsp3) is 0.316. The van der Waals surface area contributed by atoms with E-state index < -0.39 is 0 Å². The zero-order chi connectivity index (χ0) is 19.1. The molecule has 1 saturated heterocycles. The van der Waals surface area contributed by atoms with E-state index in [-0.39, 0.29) is 30.3 Å². The van der Waals surface area contributed by atoms with Gasteiger partial charge in [0.2, 0.25) is 5.91 Å². The minimum atomic E-state index is -0.282. The molecule has 2 aromatic rings. The molecule has 0 radical (unpaired) electrons. The fourth-order valence-corrected chi connectivity index (χ4v) is 2.93. The molecule has 0 spiro atoms. The largest absolute Gasteiger partial charge is 0.352 e. The molecule has 0 unspecified atom stereocenters. The molecule has 1 aromatic carbocycles. The van der Waals surface area contributed by atoms with Crippen LogP contribution in [0.25, 0.3) is 0 Å². The zero-order valence-electron chi connectivity index (χ0n) is 14.8. The van der Waals surface area contributed by atoms with Gasteiger partial charge in [-0.25, -0.2) is 4.98 Å². The van der Waals surface area contributed by atoms with Gasteiger partial charge in [0.15, 0.2) is 0 Å². The summed E-state index contributed by atoms with van der Waals surface area (Å²) in [5.74, 6) is -0.670. The van der Waals surface area contributed by atoms with Crippen LogP contribution >= 0.6 is 0 Å². The van der Waals surface area contributed by atoms with Crippen molar-refractivity contribution in [2.24, 2.45) is 0 Å². The number of hydrogen-bond acceptors (Lipinski definition) is 5. The van der Waals surface area contributed by atoms with Crippen molar-refractivity contribution in [1.82, 2.24) is 25.5 Å². The van der Waals surface area contributed by atoms with Crippen LogP contribution in [-0.4, -0.2) is 58.3 Å². The Hall–Kier alpha value is -3.29. The van der Waals surface area contributed by atoms with Gasteiger partial charge in [0.25, 0.3) is 11.8 Å². The topological polar surface area (TPSA) is 104 Å². The van der Waals surface area contributed by atoms with Crippen molar-refractivity contribution in [2.75, 3.05) is 19.6 Å². The van der Waals surface area contributed by atoms with E-state index in [1.807, 2.05) is 6.07 Å². The molecule has 3 rings (SSSR count). The lowest BCUT2D eigenvalue weighted by molar-refractivity contribution is -0.121. The van der Waals surface area contributed by atoms with Crippen LogP contribution in [0.15, 0.2) is 48.9 Å². The lowest BCUT2D eigenvalue weighted by Crippen LogP contribution is -2.48. The van der Waals surface area contributed by atoms with Gasteiger partial charge in [0.1, 0.15) is 5.69 Å². The molecule has 3 amide bonds. The highest BCUT2D eigenvalue weighted by Crippen LogP contribution is 2.12. The highest BCUT2D eigenvalue weighted by molar-refractivity contribution is 5.96. The number of likely N-dealkylation sites (tertiary alicyclic amines) is 1. The first-order valence-electron chi connectivity index (χ1n) is 8.81. The molecule has 1 aromatic heterocycles. The first-order valence-corrected chi connectivity index (χ1v) is 8.81. The second kappa shape index (κ2) is 8.88. The SMILES string of the molecule is O=C(CNC(=O)c1ccccc1)NC1CCN(C(=O)c2cnccn2)CC1. The zero-order valence-corrected chi connectivity index (χ0v) is 14.8. The summed E-state index contributed by atoms with van der Waals surface area (Å²) in [6, 6.07) is 8.73. The summed E-state index contributed by atoms with van der Waals surface area (Å²) in [5, 5.41) is 5.51. The Bertz CT molecular complexity index is 790. The van der Waals surface area contributed by atoms with Crippen LogP contribution in [0.2, 0.25) is 0 Å². The predicted octanol–water partition coefficient (Wildman–Crippen LogP) is 0.627. The number of piperidine rings is 1. The van der Waals surface area contributed by atoms with Gasteiger partial charge in [-0.05, 0) is 25.0 Å². The summed E-state index contributed by atoms with van der Waals surface area (Å²) < 4.78 is 0. The molecule has 0 saturated carbocycles. The number of hydrogen-bond donors (Lipinski definition) is 2. The van der Waals surface area contributed by atoms with E-state index in [2.05, 4.69) is 20.6 Å². The maximum absolute atomic E-state index is 12.3. The first-order chi connectivity index (χ1) is 13.1. The van der Waals surface area contributed by atoms with E-state index >= 15 is 0 Å². The van der Waals surface area contributed by atoms with E-state index in [4.69, 9.17) is 0 Å². The van der Waals surface area contributed by atoms with Crippen molar-refractivity contribution in [3.8, 4) is 0 Å². The Morgan fingerprint density at radius 1 is 1.07 bits per heavy atom. The van der Waals surface area contributed by atoms with E-state index in [1.165, 1.54) is 18.6 Å². The van der Waals surface area contributed by atoms with Gasteiger partial charge in [-0.2, -0.15) is 0 Å². The fourth-order valence-electron chi connectivity index (χ4n) is 2.93. The third kappa shape index (κ3) is 5.10. The molecule has 140 valence electrons. The maximum atomic E-state index is 12.3. The standard InChI is InChI=1S/C19H21N5O3/c25-17(13-22-18(26)14-4-2-1-3-5-14)23-15-6-10-24(11-7-15)19(27)16-12-20-8-9-21-16/h1-5,8-9,12,15H,6-7,10-11,13H2,(H,22,26)(H,23,25). The van der Waals surface area contributed by atoms with Gasteiger partial charge in [-0.3, -0.25) is 19.4 Å². The van der Waals surface area contributed by atoms with E-state index in [9.17, 15) is 14.4 Å². The molecule has 8 nitrogen and oxygen atoms in total. The van der Waals surface area contributed by atoms with Crippen LogP contribution in [0.4, 0.5) is 0 Å². The lowest BCUT2D eigenvalue weighted by atomic mass is 10.0. The van der Waals surface area contributed by atoms with Gasteiger partial charge in [0, 0.05) is 37.1 Å². The second-order valence-corrected chi connectivity index (χ2v) is 6.27. The third-order valence-corrected chi connectivity index (χ3v) is 4.38. The molecule has 0 aliphatic carbocycles. The number of aromatic nitrogens is 2. The first kappa shape index (κ1) is 18.5. The van der Waals surface area contributed by atoms with Crippen molar-refractivity contribution in [1.29, 1.82) is 0 Å². The Morgan fingerprint density at radius 2 is 1.81 bits per heavy atom. The van der Waals surface area contributed by atoms with Gasteiger partial charge in [0.05, 0.1) is 12.7 Å². The van der Waals surface area contributed by atoms with Gasteiger partial charge in [-0.15, -0.1) is 0 Å². The maximum Gasteiger partial charge on any atom is 0.274 e. The van der Waals surface area contributed by atoms with Crippen molar-refractivity contribution in [3.63, 3.8) is 0 Å². The highest BCUT2D eigenvalue weighted by Gasteiger charge is 2.25. The Morgan fingerprint density at radius 3 is 2.48 bits per heavy atom. The van der Waals surface area contributed by atoms with Crippen molar-refractivity contribution < 1.29 is 14.4 Å². The molecule has 27 heavy (non-hydrogen) atoms. The minimum absolute atomic E-state index is 0.0166. The van der Waals surface area contributed by atoms with Crippen LogP contribution in [-0.2, 0) is 4.79 Å². The van der Waals surface area contributed by atoms with Gasteiger partial charge < -0.3 is 15.5 Å². The van der Waals surface area contributed by atoms with Crippen LogP contribution in [0.1, 0.15) is 33.7 Å². The minimum Gasteiger partial charge on any atom is -0.352 e. The summed E-state index contributed by atoms with van der Waals surface area (Å²) in [4.78, 5) is 46.0. The molecule has 2 N–H and O–H groups in total. The van der Waals surface area contributed by atoms with E-state index in [0.29, 0.717) is 37.2 Å². The Labute approximate surface area is 157 Å². The van der Waals surface area contributed by atoms with Crippen molar-refractivity contribution >= 4 is 17.7 Å². The quantitative estimate of drug-likeness (QED) is 0.806. The summed E-state index contributed by atoms with van der Waals surface area (Å²) >= 11 is 0. The summed E-state index contributed by atoms with van der Waals surface area (Å²) in [6.07, 6.45) is 5.78. The van der Waals surface area contributed by atoms with Crippen LogP contribution in [0, 0.1) is 0 Å². The molecule has 1 aliphatic rings. The number of carbonyl (C=O) groups is 3.